The van der Waals surface area contributed by atoms with Gasteiger partial charge in [-0.15, -0.1) is 0 Å². The predicted octanol–water partition coefficient (Wildman–Crippen LogP) is 1.19. The standard InChI is InChI=1S/C13H16N6/c1-2-18-5-4-16-13(18)7-11(14)10-8-17-19-6-3-15-9-12(10)19/h3-6,8-9,11H,2,7,14H2,1H3. The zero-order valence-electron chi connectivity index (χ0n) is 10.8. The van der Waals surface area contributed by atoms with E-state index in [1.54, 1.807) is 23.1 Å². The molecule has 0 aliphatic heterocycles. The van der Waals surface area contributed by atoms with Gasteiger partial charge in [0.15, 0.2) is 0 Å². The molecule has 3 aromatic rings. The Kier molecular flexibility index (Phi) is 3.00. The van der Waals surface area contributed by atoms with Gasteiger partial charge in [0.2, 0.25) is 0 Å². The van der Waals surface area contributed by atoms with E-state index in [1.165, 1.54) is 0 Å². The van der Waals surface area contributed by atoms with Crippen LogP contribution >= 0.6 is 0 Å². The van der Waals surface area contributed by atoms with Crippen LogP contribution in [0.3, 0.4) is 0 Å². The lowest BCUT2D eigenvalue weighted by Crippen LogP contribution is -2.16. The molecule has 0 saturated heterocycles. The van der Waals surface area contributed by atoms with Gasteiger partial charge < -0.3 is 10.3 Å². The molecule has 6 nitrogen and oxygen atoms in total. The molecule has 98 valence electrons. The Bertz CT molecular complexity index is 683. The maximum Gasteiger partial charge on any atom is 0.110 e. The summed E-state index contributed by atoms with van der Waals surface area (Å²) in [4.78, 5) is 8.48. The molecule has 0 saturated carbocycles. The van der Waals surface area contributed by atoms with Gasteiger partial charge in [-0.2, -0.15) is 5.10 Å². The van der Waals surface area contributed by atoms with Crippen LogP contribution in [0, 0.1) is 0 Å². The third kappa shape index (κ3) is 2.10. The zero-order chi connectivity index (χ0) is 13.2. The topological polar surface area (TPSA) is 74.0 Å². The number of aryl methyl sites for hydroxylation is 1. The Morgan fingerprint density at radius 1 is 1.26 bits per heavy atom. The monoisotopic (exact) mass is 256 g/mol. The fourth-order valence-electron chi connectivity index (χ4n) is 2.26. The maximum absolute atomic E-state index is 6.29. The van der Waals surface area contributed by atoms with Crippen molar-refractivity contribution in [3.63, 3.8) is 0 Å². The number of rotatable bonds is 4. The first-order valence-electron chi connectivity index (χ1n) is 6.32. The van der Waals surface area contributed by atoms with Crippen LogP contribution in [0.15, 0.2) is 37.2 Å². The first-order chi connectivity index (χ1) is 9.29. The molecule has 0 amide bonds. The Labute approximate surface area is 110 Å². The summed E-state index contributed by atoms with van der Waals surface area (Å²) in [5, 5.41) is 4.28. The van der Waals surface area contributed by atoms with E-state index in [2.05, 4.69) is 26.6 Å². The van der Waals surface area contributed by atoms with Gasteiger partial charge in [-0.3, -0.25) is 4.98 Å². The molecule has 0 aliphatic rings. The molecule has 3 aromatic heterocycles. The third-order valence-electron chi connectivity index (χ3n) is 3.30. The van der Waals surface area contributed by atoms with Crippen molar-refractivity contribution in [2.75, 3.05) is 0 Å². The summed E-state index contributed by atoms with van der Waals surface area (Å²) in [5.74, 6) is 0.998. The van der Waals surface area contributed by atoms with Gasteiger partial charge in [0.05, 0.1) is 17.9 Å². The highest BCUT2D eigenvalue weighted by molar-refractivity contribution is 5.53. The molecular weight excluding hydrogens is 240 g/mol. The lowest BCUT2D eigenvalue weighted by atomic mass is 10.1. The van der Waals surface area contributed by atoms with Gasteiger partial charge in [-0.05, 0) is 6.92 Å². The van der Waals surface area contributed by atoms with Gasteiger partial charge in [-0.25, -0.2) is 9.50 Å². The third-order valence-corrected chi connectivity index (χ3v) is 3.30. The summed E-state index contributed by atoms with van der Waals surface area (Å²) in [6.45, 7) is 2.99. The Morgan fingerprint density at radius 3 is 3.00 bits per heavy atom. The van der Waals surface area contributed by atoms with Crippen molar-refractivity contribution in [3.8, 4) is 0 Å². The predicted molar refractivity (Wildman–Crippen MR) is 71.5 cm³/mol. The van der Waals surface area contributed by atoms with Crippen LogP contribution in [0.5, 0.6) is 0 Å². The Balaban J connectivity index is 1.90. The molecule has 0 fully saturated rings. The van der Waals surface area contributed by atoms with Crippen LogP contribution in [0.4, 0.5) is 0 Å². The van der Waals surface area contributed by atoms with Crippen molar-refractivity contribution >= 4 is 5.52 Å². The van der Waals surface area contributed by atoms with E-state index >= 15 is 0 Å². The average molecular weight is 256 g/mol. The molecule has 1 unspecified atom stereocenters. The number of hydrogen-bond donors (Lipinski definition) is 1. The molecule has 1 atom stereocenters. The minimum Gasteiger partial charge on any atom is -0.335 e. The van der Waals surface area contributed by atoms with E-state index in [1.807, 2.05) is 18.6 Å². The van der Waals surface area contributed by atoms with E-state index < -0.39 is 0 Å². The van der Waals surface area contributed by atoms with Crippen LogP contribution < -0.4 is 5.73 Å². The minimum atomic E-state index is -0.130. The average Bonchev–Trinajstić information content (AvgIpc) is 3.04. The zero-order valence-corrected chi connectivity index (χ0v) is 10.8. The normalized spacial score (nSPS) is 12.9. The summed E-state index contributed by atoms with van der Waals surface area (Å²) in [6, 6.07) is -0.130. The molecule has 0 radical (unpaired) electrons. The quantitative estimate of drug-likeness (QED) is 0.761. The van der Waals surface area contributed by atoms with Crippen LogP contribution in [0.1, 0.15) is 24.4 Å². The van der Waals surface area contributed by atoms with Gasteiger partial charge in [-0.1, -0.05) is 0 Å². The second kappa shape index (κ2) is 4.81. The fourth-order valence-corrected chi connectivity index (χ4v) is 2.26. The number of fused-ring (bicyclic) bond motifs is 1. The van der Waals surface area contributed by atoms with Crippen LogP contribution in [-0.4, -0.2) is 24.1 Å². The minimum absolute atomic E-state index is 0.130. The maximum atomic E-state index is 6.29. The highest BCUT2D eigenvalue weighted by atomic mass is 15.2. The van der Waals surface area contributed by atoms with Crippen molar-refractivity contribution in [1.29, 1.82) is 0 Å². The second-order valence-corrected chi connectivity index (χ2v) is 4.45. The molecule has 0 spiro atoms. The molecule has 0 aliphatic carbocycles. The lowest BCUT2D eigenvalue weighted by Gasteiger charge is -2.11. The second-order valence-electron chi connectivity index (χ2n) is 4.45. The lowest BCUT2D eigenvalue weighted by molar-refractivity contribution is 0.630. The number of aromatic nitrogens is 5. The molecular formula is C13H16N6. The van der Waals surface area contributed by atoms with Gasteiger partial charge in [0.25, 0.3) is 0 Å². The first-order valence-corrected chi connectivity index (χ1v) is 6.32. The highest BCUT2D eigenvalue weighted by Gasteiger charge is 2.15. The van der Waals surface area contributed by atoms with E-state index in [9.17, 15) is 0 Å². The Morgan fingerprint density at radius 2 is 2.16 bits per heavy atom. The highest BCUT2D eigenvalue weighted by Crippen LogP contribution is 2.19. The first kappa shape index (κ1) is 11.9. The summed E-state index contributed by atoms with van der Waals surface area (Å²) < 4.78 is 3.89. The van der Waals surface area contributed by atoms with Gasteiger partial charge in [0, 0.05) is 49.4 Å². The van der Waals surface area contributed by atoms with Crippen molar-refractivity contribution in [2.45, 2.75) is 25.9 Å². The summed E-state index contributed by atoms with van der Waals surface area (Å²) >= 11 is 0. The van der Waals surface area contributed by atoms with Crippen LogP contribution in [0.2, 0.25) is 0 Å². The Hall–Kier alpha value is -2.21. The molecule has 3 heterocycles. The van der Waals surface area contributed by atoms with E-state index in [-0.39, 0.29) is 6.04 Å². The van der Waals surface area contributed by atoms with Crippen molar-refractivity contribution in [3.05, 3.63) is 48.6 Å². The summed E-state index contributed by atoms with van der Waals surface area (Å²) in [5.41, 5.74) is 8.23. The summed E-state index contributed by atoms with van der Waals surface area (Å²) in [6.07, 6.45) is 11.6. The molecule has 6 heteroatoms. The molecule has 3 rings (SSSR count). The van der Waals surface area contributed by atoms with Crippen LogP contribution in [-0.2, 0) is 13.0 Å². The van der Waals surface area contributed by atoms with E-state index in [0.29, 0.717) is 6.42 Å². The largest absolute Gasteiger partial charge is 0.335 e. The van der Waals surface area contributed by atoms with Gasteiger partial charge in [0.1, 0.15) is 5.82 Å². The number of hydrogen-bond acceptors (Lipinski definition) is 4. The number of nitrogens with zero attached hydrogens (tertiary/aromatic N) is 5. The molecule has 0 aromatic carbocycles. The van der Waals surface area contributed by atoms with Crippen molar-refractivity contribution < 1.29 is 0 Å². The molecule has 19 heavy (non-hydrogen) atoms. The van der Waals surface area contributed by atoms with Gasteiger partial charge >= 0.3 is 0 Å². The van der Waals surface area contributed by atoms with Crippen LogP contribution in [0.25, 0.3) is 5.52 Å². The fraction of sp³-hybridized carbons (Fsp3) is 0.308. The number of nitrogens with two attached hydrogens (primary N) is 1. The molecule has 2 N–H and O–H groups in total. The summed E-state index contributed by atoms with van der Waals surface area (Å²) in [7, 11) is 0. The number of imidazole rings is 1. The molecule has 0 bridgehead atoms. The van der Waals surface area contributed by atoms with E-state index in [4.69, 9.17) is 5.73 Å². The van der Waals surface area contributed by atoms with E-state index in [0.717, 1.165) is 23.4 Å². The van der Waals surface area contributed by atoms with Crippen molar-refractivity contribution in [1.82, 2.24) is 24.1 Å². The smallest absolute Gasteiger partial charge is 0.110 e. The van der Waals surface area contributed by atoms with Crippen molar-refractivity contribution in [2.24, 2.45) is 5.73 Å². The SMILES string of the molecule is CCn1ccnc1CC(N)c1cnn2ccncc12.